The first-order chi connectivity index (χ1) is 19.0. The number of aliphatic carboxylic acids is 1. The fourth-order valence-corrected chi connectivity index (χ4v) is 4.35. The highest BCUT2D eigenvalue weighted by molar-refractivity contribution is 5.92. The summed E-state index contributed by atoms with van der Waals surface area (Å²) in [4.78, 5) is 79.0. The van der Waals surface area contributed by atoms with Crippen molar-refractivity contribution in [2.45, 2.75) is 57.7 Å². The Bertz CT molecular complexity index is 1500. The highest BCUT2D eigenvalue weighted by atomic mass is 16.4. The van der Waals surface area contributed by atoms with Crippen LogP contribution in [0.2, 0.25) is 0 Å². The van der Waals surface area contributed by atoms with E-state index in [1.165, 1.54) is 6.07 Å². The number of carboxylic acids is 1. The number of carbonyl (C=O) groups excluding carboxylic acids is 3. The van der Waals surface area contributed by atoms with Crippen LogP contribution < -0.4 is 27.6 Å². The van der Waals surface area contributed by atoms with Gasteiger partial charge in [0.25, 0.3) is 5.56 Å². The van der Waals surface area contributed by atoms with E-state index < -0.39 is 59.0 Å². The minimum atomic E-state index is -1.41. The summed E-state index contributed by atoms with van der Waals surface area (Å²) >= 11 is 0. The average Bonchev–Trinajstić information content (AvgIpc) is 2.93. The molecule has 0 aliphatic heterocycles. The first-order valence-electron chi connectivity index (χ1n) is 12.9. The largest absolute Gasteiger partial charge is 0.480 e. The number of H-pyrrole nitrogens is 1. The molecule has 1 heterocycles. The van der Waals surface area contributed by atoms with Crippen molar-refractivity contribution in [3.05, 3.63) is 81.0 Å². The molecule has 0 spiro atoms. The number of aromatic nitrogens is 2. The van der Waals surface area contributed by atoms with Gasteiger partial charge in [-0.2, -0.15) is 0 Å². The maximum Gasteiger partial charge on any atom is 0.329 e. The zero-order chi connectivity index (χ0) is 29.4. The van der Waals surface area contributed by atoms with Gasteiger partial charge in [-0.1, -0.05) is 62.7 Å². The van der Waals surface area contributed by atoms with Crippen LogP contribution in [0.15, 0.2) is 64.2 Å². The van der Waals surface area contributed by atoms with Crippen molar-refractivity contribution in [1.29, 1.82) is 0 Å². The highest BCUT2D eigenvalue weighted by Crippen LogP contribution is 2.16. The molecule has 40 heavy (non-hydrogen) atoms. The van der Waals surface area contributed by atoms with E-state index in [9.17, 15) is 33.9 Å². The van der Waals surface area contributed by atoms with Crippen LogP contribution in [-0.4, -0.2) is 50.4 Å². The van der Waals surface area contributed by atoms with Gasteiger partial charge in [0.15, 0.2) is 0 Å². The molecule has 0 saturated heterocycles. The summed E-state index contributed by atoms with van der Waals surface area (Å²) in [6.45, 7) is 3.49. The molecule has 0 unspecified atom stereocenters. The summed E-state index contributed by atoms with van der Waals surface area (Å²) in [5.41, 5.74) is 4.65. The summed E-state index contributed by atoms with van der Waals surface area (Å²) < 4.78 is 0.836. The van der Waals surface area contributed by atoms with Gasteiger partial charge in [-0.3, -0.25) is 19.2 Å². The van der Waals surface area contributed by atoms with E-state index in [4.69, 9.17) is 5.73 Å². The topological polar surface area (TPSA) is 193 Å². The Morgan fingerprint density at radius 2 is 1.62 bits per heavy atom. The number of nitrogens with zero attached hydrogens (tertiary/aromatic N) is 1. The summed E-state index contributed by atoms with van der Waals surface area (Å²) in [5, 5.41) is 14.7. The fourth-order valence-electron chi connectivity index (χ4n) is 4.35. The van der Waals surface area contributed by atoms with Gasteiger partial charge in [0.1, 0.15) is 18.1 Å². The number of carbonyl (C=O) groups is 4. The maximum absolute atomic E-state index is 13.8. The third kappa shape index (κ3) is 7.22. The monoisotopic (exact) mass is 551 g/mol. The van der Waals surface area contributed by atoms with Gasteiger partial charge in [-0.25, -0.2) is 14.2 Å². The van der Waals surface area contributed by atoms with Gasteiger partial charge in [0.05, 0.1) is 10.9 Å². The van der Waals surface area contributed by atoms with Crippen molar-refractivity contribution in [1.82, 2.24) is 20.2 Å². The van der Waals surface area contributed by atoms with Gasteiger partial charge in [0, 0.05) is 12.8 Å². The molecular weight excluding hydrogens is 518 g/mol. The number of benzene rings is 2. The summed E-state index contributed by atoms with van der Waals surface area (Å²) in [5.74, 6) is -4.07. The first-order valence-corrected chi connectivity index (χ1v) is 12.9. The van der Waals surface area contributed by atoms with Crippen LogP contribution >= 0.6 is 0 Å². The lowest BCUT2D eigenvalue weighted by molar-refractivity contribution is -0.143. The Morgan fingerprint density at radius 1 is 0.975 bits per heavy atom. The van der Waals surface area contributed by atoms with Crippen molar-refractivity contribution in [2.24, 2.45) is 11.7 Å². The second kappa shape index (κ2) is 13.4. The molecule has 0 aliphatic carbocycles. The minimum Gasteiger partial charge on any atom is -0.480 e. The standard InChI is InChI=1S/C28H33N5O7/c1-3-16(2)23(25(36)30-20(27(38)39)13-14-22(29)34)32-24(35)21(15-17-9-5-4-6-10-17)33-26(37)18-11-7-8-12-19(18)31-28(33)40/h4-12,16,20-21,23H,3,13-15H2,1-2H3,(H2,29,34)(H,30,36)(H,31,40)(H,32,35)(H,38,39)/t16-,20+,21+,23+/m1/s1. The predicted molar refractivity (Wildman–Crippen MR) is 147 cm³/mol. The second-order valence-electron chi connectivity index (χ2n) is 9.63. The Morgan fingerprint density at radius 3 is 2.25 bits per heavy atom. The first kappa shape index (κ1) is 29.8. The van der Waals surface area contributed by atoms with Gasteiger partial charge in [0.2, 0.25) is 17.7 Å². The number of hydrogen-bond acceptors (Lipinski definition) is 6. The SMILES string of the molecule is CC[C@@H](C)[C@H](NC(=O)[C@H](Cc1ccccc1)n1c(=O)[nH]c2ccccc2c1=O)C(=O)N[C@@H](CCC(N)=O)C(=O)O. The Kier molecular flexibility index (Phi) is 9.96. The van der Waals surface area contributed by atoms with E-state index >= 15 is 0 Å². The van der Waals surface area contributed by atoms with Gasteiger partial charge in [-0.15, -0.1) is 0 Å². The zero-order valence-electron chi connectivity index (χ0n) is 22.3. The smallest absolute Gasteiger partial charge is 0.329 e. The minimum absolute atomic E-state index is 0.0286. The fraction of sp³-hybridized carbons (Fsp3) is 0.357. The van der Waals surface area contributed by atoms with Crippen molar-refractivity contribution >= 4 is 34.6 Å². The molecule has 2 aromatic carbocycles. The van der Waals surface area contributed by atoms with Crippen LogP contribution in [0.5, 0.6) is 0 Å². The Labute approximate surface area is 229 Å². The van der Waals surface area contributed by atoms with E-state index in [-0.39, 0.29) is 24.6 Å². The second-order valence-corrected chi connectivity index (χ2v) is 9.63. The molecular formula is C28H33N5O7. The molecule has 0 fully saturated rings. The van der Waals surface area contributed by atoms with Crippen molar-refractivity contribution in [3.8, 4) is 0 Å². The van der Waals surface area contributed by atoms with E-state index in [0.29, 0.717) is 17.5 Å². The normalized spacial score (nSPS) is 14.1. The van der Waals surface area contributed by atoms with Crippen LogP contribution in [-0.2, 0) is 25.6 Å². The average molecular weight is 552 g/mol. The number of para-hydroxylation sites is 1. The predicted octanol–water partition coefficient (Wildman–Crippen LogP) is 0.839. The lowest BCUT2D eigenvalue weighted by atomic mass is 9.96. The molecule has 3 aromatic rings. The molecule has 12 heteroatoms. The molecule has 6 N–H and O–H groups in total. The number of primary amides is 1. The molecule has 212 valence electrons. The number of aromatic amines is 1. The molecule has 0 saturated carbocycles. The molecule has 0 radical (unpaired) electrons. The van der Waals surface area contributed by atoms with Crippen LogP contribution in [0.3, 0.4) is 0 Å². The van der Waals surface area contributed by atoms with Crippen LogP contribution in [0, 0.1) is 5.92 Å². The molecule has 4 atom stereocenters. The lowest BCUT2D eigenvalue weighted by Gasteiger charge is -2.28. The third-order valence-corrected chi connectivity index (χ3v) is 6.81. The van der Waals surface area contributed by atoms with E-state index in [1.807, 2.05) is 0 Å². The van der Waals surface area contributed by atoms with Crippen LogP contribution in [0.4, 0.5) is 0 Å². The summed E-state index contributed by atoms with van der Waals surface area (Å²) in [6, 6.07) is 11.3. The number of fused-ring (bicyclic) bond motifs is 1. The Hall–Kier alpha value is -4.74. The zero-order valence-corrected chi connectivity index (χ0v) is 22.3. The van der Waals surface area contributed by atoms with Crippen LogP contribution in [0.25, 0.3) is 10.9 Å². The maximum atomic E-state index is 13.8. The number of hydrogen-bond donors (Lipinski definition) is 5. The highest BCUT2D eigenvalue weighted by Gasteiger charge is 2.33. The number of nitrogens with one attached hydrogen (secondary N) is 3. The van der Waals surface area contributed by atoms with E-state index in [2.05, 4.69) is 15.6 Å². The van der Waals surface area contributed by atoms with Gasteiger partial charge in [-0.05, 0) is 30.0 Å². The van der Waals surface area contributed by atoms with Gasteiger partial charge >= 0.3 is 11.7 Å². The number of amides is 3. The molecule has 0 aliphatic rings. The van der Waals surface area contributed by atoms with Crippen LogP contribution in [0.1, 0.15) is 44.7 Å². The van der Waals surface area contributed by atoms with E-state index in [1.54, 1.807) is 62.4 Å². The number of carboxylic acid groups (broad SMARTS) is 1. The summed E-state index contributed by atoms with van der Waals surface area (Å²) in [7, 11) is 0. The molecule has 1 aromatic heterocycles. The quantitative estimate of drug-likeness (QED) is 0.208. The van der Waals surface area contributed by atoms with Crippen molar-refractivity contribution in [2.75, 3.05) is 0 Å². The Balaban J connectivity index is 2.00. The third-order valence-electron chi connectivity index (χ3n) is 6.81. The van der Waals surface area contributed by atoms with E-state index in [0.717, 1.165) is 4.57 Å². The summed E-state index contributed by atoms with van der Waals surface area (Å²) in [6.07, 6.45) is -0.0725. The number of rotatable bonds is 13. The van der Waals surface area contributed by atoms with Gasteiger partial charge < -0.3 is 26.5 Å². The lowest BCUT2D eigenvalue weighted by Crippen LogP contribution is -2.56. The molecule has 0 bridgehead atoms. The van der Waals surface area contributed by atoms with Crippen molar-refractivity contribution < 1.29 is 24.3 Å². The number of nitrogens with two attached hydrogens (primary N) is 1. The molecule has 3 rings (SSSR count). The van der Waals surface area contributed by atoms with Crippen molar-refractivity contribution in [3.63, 3.8) is 0 Å². The molecule has 3 amide bonds. The molecule has 12 nitrogen and oxygen atoms in total.